The average Bonchev–Trinajstić information content (AvgIpc) is 2.78. The molecule has 0 radical (unpaired) electrons. The lowest BCUT2D eigenvalue weighted by atomic mass is 10.1. The molecule has 0 aliphatic heterocycles. The van der Waals surface area contributed by atoms with Gasteiger partial charge in [-0.2, -0.15) is 0 Å². The Balaban J connectivity index is 1.73. The lowest BCUT2D eigenvalue weighted by Gasteiger charge is -2.29. The largest absolute Gasteiger partial charge is 0.350 e. The molecule has 0 aliphatic rings. The van der Waals surface area contributed by atoms with Crippen LogP contribution in [0.3, 0.4) is 0 Å². The van der Waals surface area contributed by atoms with Crippen molar-refractivity contribution in [3.05, 3.63) is 101 Å². The number of hydrogen-bond acceptors (Lipinski definition) is 3. The normalized spacial score (nSPS) is 11.5. The van der Waals surface area contributed by atoms with Crippen molar-refractivity contribution in [1.29, 1.82) is 0 Å². The Bertz CT molecular complexity index is 963. The minimum absolute atomic E-state index is 0.111. The molecule has 0 spiro atoms. The lowest BCUT2D eigenvalue weighted by Crippen LogP contribution is -2.48. The van der Waals surface area contributed by atoms with Crippen molar-refractivity contribution in [2.75, 3.05) is 0 Å². The van der Waals surface area contributed by atoms with E-state index in [1.807, 2.05) is 54.6 Å². The fraction of sp³-hybridized carbons (Fsp3) is 0.208. The third-order valence-corrected chi connectivity index (χ3v) is 5.07. The van der Waals surface area contributed by atoms with E-state index in [1.165, 1.54) is 0 Å². The number of hydrogen-bond donors (Lipinski definition) is 1. The van der Waals surface area contributed by atoms with E-state index in [0.29, 0.717) is 18.1 Å². The maximum absolute atomic E-state index is 13.1. The molecule has 0 unspecified atom stereocenters. The summed E-state index contributed by atoms with van der Waals surface area (Å²) >= 11 is 5.98. The number of nitrogens with one attached hydrogen (secondary N) is 1. The molecule has 154 valence electrons. The van der Waals surface area contributed by atoms with Gasteiger partial charge in [0.15, 0.2) is 0 Å². The Morgan fingerprint density at radius 3 is 2.33 bits per heavy atom. The van der Waals surface area contributed by atoms with Crippen LogP contribution in [-0.4, -0.2) is 27.7 Å². The second kappa shape index (κ2) is 10.6. The molecule has 0 saturated heterocycles. The summed E-state index contributed by atoms with van der Waals surface area (Å²) in [6.07, 6.45) is 3.62. The third kappa shape index (κ3) is 6.16. The average molecular weight is 422 g/mol. The van der Waals surface area contributed by atoms with Crippen molar-refractivity contribution in [1.82, 2.24) is 15.2 Å². The fourth-order valence-corrected chi connectivity index (χ4v) is 3.21. The molecule has 3 rings (SSSR count). The number of pyridine rings is 1. The van der Waals surface area contributed by atoms with Gasteiger partial charge in [-0.05, 0) is 41.8 Å². The molecule has 2 aromatic carbocycles. The Morgan fingerprint density at radius 2 is 1.67 bits per heavy atom. The second-order valence-electron chi connectivity index (χ2n) is 7.07. The summed E-state index contributed by atoms with van der Waals surface area (Å²) in [6.45, 7) is 2.43. The summed E-state index contributed by atoms with van der Waals surface area (Å²) in [5.41, 5.74) is 2.72. The second-order valence-corrected chi connectivity index (χ2v) is 7.50. The first-order valence-corrected chi connectivity index (χ1v) is 10.1. The van der Waals surface area contributed by atoms with E-state index in [1.54, 1.807) is 36.4 Å². The summed E-state index contributed by atoms with van der Waals surface area (Å²) < 4.78 is 0. The van der Waals surface area contributed by atoms with Gasteiger partial charge in [0.1, 0.15) is 6.04 Å². The number of carbonyl (C=O) groups is 2. The first-order chi connectivity index (χ1) is 14.5. The third-order valence-electron chi connectivity index (χ3n) is 4.82. The standard InChI is InChI=1S/C24H24ClN3O2/c1-18(24(30)27-16-21-8-5-13-26-15-21)28(17-20-9-11-22(25)12-10-20)23(29)14-19-6-3-2-4-7-19/h2-13,15,18H,14,16-17H2,1H3,(H,27,30)/t18-/m0/s1. The number of amides is 2. The van der Waals surface area contributed by atoms with Crippen molar-refractivity contribution < 1.29 is 9.59 Å². The Morgan fingerprint density at radius 1 is 0.967 bits per heavy atom. The SMILES string of the molecule is C[C@@H](C(=O)NCc1cccnc1)N(Cc1ccc(Cl)cc1)C(=O)Cc1ccccc1. The molecule has 30 heavy (non-hydrogen) atoms. The van der Waals surface area contributed by atoms with Crippen LogP contribution < -0.4 is 5.32 Å². The quantitative estimate of drug-likeness (QED) is 0.597. The number of benzene rings is 2. The molecule has 0 aliphatic carbocycles. The van der Waals surface area contributed by atoms with Gasteiger partial charge in [-0.3, -0.25) is 14.6 Å². The monoisotopic (exact) mass is 421 g/mol. The summed E-state index contributed by atoms with van der Waals surface area (Å²) in [5.74, 6) is -0.325. The van der Waals surface area contributed by atoms with Crippen LogP contribution in [0.25, 0.3) is 0 Å². The maximum Gasteiger partial charge on any atom is 0.242 e. The van der Waals surface area contributed by atoms with E-state index < -0.39 is 6.04 Å². The molecule has 5 nitrogen and oxygen atoms in total. The topological polar surface area (TPSA) is 62.3 Å². The number of halogens is 1. The molecule has 1 aromatic heterocycles. The van der Waals surface area contributed by atoms with E-state index in [0.717, 1.165) is 16.7 Å². The number of nitrogens with zero attached hydrogens (tertiary/aromatic N) is 2. The van der Waals surface area contributed by atoms with Crippen molar-refractivity contribution in [3.63, 3.8) is 0 Å². The number of rotatable bonds is 8. The van der Waals surface area contributed by atoms with Crippen LogP contribution in [0.4, 0.5) is 0 Å². The molecule has 3 aromatic rings. The zero-order valence-electron chi connectivity index (χ0n) is 16.8. The van der Waals surface area contributed by atoms with Crippen molar-refractivity contribution >= 4 is 23.4 Å². The van der Waals surface area contributed by atoms with Gasteiger partial charge in [0, 0.05) is 30.5 Å². The highest BCUT2D eigenvalue weighted by Gasteiger charge is 2.26. The molecule has 2 amide bonds. The van der Waals surface area contributed by atoms with Crippen molar-refractivity contribution in [2.45, 2.75) is 32.5 Å². The fourth-order valence-electron chi connectivity index (χ4n) is 3.08. The molecule has 1 heterocycles. The summed E-state index contributed by atoms with van der Waals surface area (Å²) in [5, 5.41) is 3.53. The maximum atomic E-state index is 13.1. The molecule has 0 saturated carbocycles. The zero-order valence-corrected chi connectivity index (χ0v) is 17.5. The first-order valence-electron chi connectivity index (χ1n) is 9.77. The number of aromatic nitrogens is 1. The smallest absolute Gasteiger partial charge is 0.242 e. The summed E-state index contributed by atoms with van der Waals surface area (Å²) in [7, 11) is 0. The molecular weight excluding hydrogens is 398 g/mol. The van der Waals surface area contributed by atoms with Gasteiger partial charge in [0.05, 0.1) is 6.42 Å². The predicted octanol–water partition coefficient (Wildman–Crippen LogP) is 4.01. The van der Waals surface area contributed by atoms with Crippen molar-refractivity contribution in [2.24, 2.45) is 0 Å². The zero-order chi connectivity index (χ0) is 21.3. The number of carbonyl (C=O) groups excluding carboxylic acids is 2. The van der Waals surface area contributed by atoms with Crippen LogP contribution in [0.1, 0.15) is 23.6 Å². The van der Waals surface area contributed by atoms with Crippen LogP contribution >= 0.6 is 11.6 Å². The molecule has 1 N–H and O–H groups in total. The Kier molecular flexibility index (Phi) is 7.57. The highest BCUT2D eigenvalue weighted by molar-refractivity contribution is 6.30. The van der Waals surface area contributed by atoms with E-state index >= 15 is 0 Å². The van der Waals surface area contributed by atoms with Crippen LogP contribution in [0.5, 0.6) is 0 Å². The Hall–Kier alpha value is -3.18. The van der Waals surface area contributed by atoms with Crippen LogP contribution in [-0.2, 0) is 29.1 Å². The lowest BCUT2D eigenvalue weighted by molar-refractivity contribution is -0.140. The van der Waals surface area contributed by atoms with Gasteiger partial charge < -0.3 is 10.2 Å². The molecule has 0 fully saturated rings. The molecule has 1 atom stereocenters. The van der Waals surface area contributed by atoms with Gasteiger partial charge in [-0.1, -0.05) is 60.1 Å². The molecular formula is C24H24ClN3O2. The highest BCUT2D eigenvalue weighted by atomic mass is 35.5. The minimum atomic E-state index is -0.631. The van der Waals surface area contributed by atoms with Gasteiger partial charge in [0.25, 0.3) is 0 Å². The van der Waals surface area contributed by atoms with Crippen LogP contribution in [0.2, 0.25) is 5.02 Å². The van der Waals surface area contributed by atoms with Crippen molar-refractivity contribution in [3.8, 4) is 0 Å². The van der Waals surface area contributed by atoms with Gasteiger partial charge in [-0.25, -0.2) is 0 Å². The molecule has 0 bridgehead atoms. The van der Waals surface area contributed by atoms with Crippen LogP contribution in [0, 0.1) is 0 Å². The van der Waals surface area contributed by atoms with E-state index in [-0.39, 0.29) is 18.2 Å². The first kappa shape index (κ1) is 21.5. The van der Waals surface area contributed by atoms with E-state index in [4.69, 9.17) is 11.6 Å². The predicted molar refractivity (Wildman–Crippen MR) is 118 cm³/mol. The minimum Gasteiger partial charge on any atom is -0.350 e. The molecule has 6 heteroatoms. The summed E-state index contributed by atoms with van der Waals surface area (Å²) in [6, 6.07) is 19.9. The van der Waals surface area contributed by atoms with Gasteiger partial charge in [-0.15, -0.1) is 0 Å². The highest BCUT2D eigenvalue weighted by Crippen LogP contribution is 2.15. The van der Waals surface area contributed by atoms with E-state index in [2.05, 4.69) is 10.3 Å². The van der Waals surface area contributed by atoms with Gasteiger partial charge >= 0.3 is 0 Å². The van der Waals surface area contributed by atoms with Gasteiger partial charge in [0.2, 0.25) is 11.8 Å². The Labute approximate surface area is 181 Å². The van der Waals surface area contributed by atoms with Crippen LogP contribution in [0.15, 0.2) is 79.1 Å². The van der Waals surface area contributed by atoms with E-state index in [9.17, 15) is 9.59 Å². The summed E-state index contributed by atoms with van der Waals surface area (Å²) in [4.78, 5) is 31.6.